The van der Waals surface area contributed by atoms with Crippen LogP contribution < -0.4 is 5.73 Å². The van der Waals surface area contributed by atoms with Gasteiger partial charge < -0.3 is 10.7 Å². The van der Waals surface area contributed by atoms with Gasteiger partial charge in [0.15, 0.2) is 5.65 Å². The van der Waals surface area contributed by atoms with Crippen molar-refractivity contribution in [3.05, 3.63) is 18.3 Å². The maximum atomic E-state index is 5.66. The Bertz CT molecular complexity index is 399. The van der Waals surface area contributed by atoms with Gasteiger partial charge in [0.05, 0.1) is 6.20 Å². The predicted octanol–water partition coefficient (Wildman–Crippen LogP) is 0.880. The molecule has 2 aromatic heterocycles. The second-order valence-corrected chi connectivity index (χ2v) is 3.66. The molecule has 0 saturated heterocycles. The Labute approximate surface area is 88.1 Å². The van der Waals surface area contributed by atoms with Crippen molar-refractivity contribution >= 4 is 11.2 Å². The molecular weight excluding hydrogens is 190 g/mol. The first-order valence-corrected chi connectivity index (χ1v) is 5.18. The molecule has 0 aromatic carbocycles. The molecule has 0 bridgehead atoms. The molecule has 0 amide bonds. The third-order valence-electron chi connectivity index (χ3n) is 2.60. The Hall–Kier alpha value is -1.49. The minimum absolute atomic E-state index is 0.485. The summed E-state index contributed by atoms with van der Waals surface area (Å²) in [5.74, 6) is 1.43. The average molecular weight is 205 g/mol. The summed E-state index contributed by atoms with van der Waals surface area (Å²) in [6.07, 6.45) is 5.19. The number of aromatic nitrogens is 4. The molecule has 2 rings (SSSR count). The second kappa shape index (κ2) is 4.35. The van der Waals surface area contributed by atoms with Gasteiger partial charge in [-0.05, 0) is 12.5 Å². The average Bonchev–Trinajstić information content (AvgIpc) is 2.68. The summed E-state index contributed by atoms with van der Waals surface area (Å²) >= 11 is 0. The van der Waals surface area contributed by atoms with Gasteiger partial charge in [-0.3, -0.25) is 0 Å². The lowest BCUT2D eigenvalue weighted by molar-refractivity contribution is 0.508. The van der Waals surface area contributed by atoms with E-state index in [1.807, 2.05) is 0 Å². The Morgan fingerprint density at radius 1 is 1.53 bits per heavy atom. The minimum atomic E-state index is 0.485. The van der Waals surface area contributed by atoms with Crippen LogP contribution in [0.25, 0.3) is 11.2 Å². The zero-order chi connectivity index (χ0) is 10.7. The van der Waals surface area contributed by atoms with E-state index >= 15 is 0 Å². The highest BCUT2D eigenvalue weighted by atomic mass is 15.0. The van der Waals surface area contributed by atoms with Crippen molar-refractivity contribution in [2.24, 2.45) is 11.7 Å². The van der Waals surface area contributed by atoms with E-state index in [0.29, 0.717) is 12.5 Å². The lowest BCUT2D eigenvalue weighted by Gasteiger charge is -2.08. The van der Waals surface area contributed by atoms with E-state index in [9.17, 15) is 0 Å². The van der Waals surface area contributed by atoms with Crippen LogP contribution >= 0.6 is 0 Å². The zero-order valence-electron chi connectivity index (χ0n) is 8.77. The summed E-state index contributed by atoms with van der Waals surface area (Å²) < 4.78 is 0. The van der Waals surface area contributed by atoms with Crippen LogP contribution in [-0.4, -0.2) is 26.5 Å². The largest absolute Gasteiger partial charge is 0.339 e. The van der Waals surface area contributed by atoms with E-state index in [0.717, 1.165) is 29.8 Å². The lowest BCUT2D eigenvalue weighted by Crippen LogP contribution is -2.16. The van der Waals surface area contributed by atoms with E-state index < -0.39 is 0 Å². The van der Waals surface area contributed by atoms with Crippen LogP contribution in [0, 0.1) is 5.92 Å². The van der Waals surface area contributed by atoms with Crippen molar-refractivity contribution in [2.45, 2.75) is 19.8 Å². The van der Waals surface area contributed by atoms with E-state index in [1.54, 1.807) is 6.20 Å². The molecule has 0 saturated carbocycles. The third kappa shape index (κ3) is 2.12. The van der Waals surface area contributed by atoms with Crippen molar-refractivity contribution in [3.8, 4) is 0 Å². The molecule has 5 heteroatoms. The van der Waals surface area contributed by atoms with Gasteiger partial charge in [-0.15, -0.1) is 0 Å². The minimum Gasteiger partial charge on any atom is -0.339 e. The van der Waals surface area contributed by atoms with Gasteiger partial charge in [-0.2, -0.15) is 0 Å². The van der Waals surface area contributed by atoms with Gasteiger partial charge in [-0.1, -0.05) is 13.3 Å². The third-order valence-corrected chi connectivity index (χ3v) is 2.60. The first-order valence-electron chi connectivity index (χ1n) is 5.18. The van der Waals surface area contributed by atoms with Gasteiger partial charge in [0.1, 0.15) is 17.7 Å². The molecule has 0 aliphatic rings. The molecular formula is C10H15N5. The van der Waals surface area contributed by atoms with Crippen LogP contribution in [-0.2, 0) is 6.42 Å². The van der Waals surface area contributed by atoms with E-state index in [-0.39, 0.29) is 0 Å². The maximum Gasteiger partial charge on any atom is 0.180 e. The molecule has 0 fully saturated rings. The molecule has 5 nitrogen and oxygen atoms in total. The fourth-order valence-electron chi connectivity index (χ4n) is 1.58. The Morgan fingerprint density at radius 2 is 2.40 bits per heavy atom. The number of aromatic amines is 1. The number of hydrogen-bond acceptors (Lipinski definition) is 4. The Kier molecular flexibility index (Phi) is 2.91. The van der Waals surface area contributed by atoms with E-state index in [2.05, 4.69) is 26.9 Å². The molecule has 3 N–H and O–H groups in total. The highest BCUT2D eigenvalue weighted by Crippen LogP contribution is 2.11. The summed E-state index contributed by atoms with van der Waals surface area (Å²) in [7, 11) is 0. The van der Waals surface area contributed by atoms with Crippen LogP contribution in [0.5, 0.6) is 0 Å². The van der Waals surface area contributed by atoms with Crippen LogP contribution in [0.4, 0.5) is 0 Å². The molecule has 15 heavy (non-hydrogen) atoms. The molecule has 80 valence electrons. The number of imidazole rings is 1. The maximum absolute atomic E-state index is 5.66. The quantitative estimate of drug-likeness (QED) is 0.776. The van der Waals surface area contributed by atoms with E-state index in [1.165, 1.54) is 6.33 Å². The fourth-order valence-corrected chi connectivity index (χ4v) is 1.58. The van der Waals surface area contributed by atoms with Gasteiger partial charge in [0, 0.05) is 6.42 Å². The lowest BCUT2D eigenvalue weighted by atomic mass is 10.0. The summed E-state index contributed by atoms with van der Waals surface area (Å²) in [5, 5.41) is 0. The number of nitrogens with two attached hydrogens (primary N) is 1. The normalized spacial score (nSPS) is 13.2. The van der Waals surface area contributed by atoms with Gasteiger partial charge >= 0.3 is 0 Å². The SMILES string of the molecule is CCC(CN)Cc1nc2ncncc2[nH]1. The Balaban J connectivity index is 2.21. The molecule has 0 spiro atoms. The number of nitrogens with one attached hydrogen (secondary N) is 1. The van der Waals surface area contributed by atoms with Gasteiger partial charge in [0.2, 0.25) is 0 Å². The van der Waals surface area contributed by atoms with Gasteiger partial charge in [0.25, 0.3) is 0 Å². The van der Waals surface area contributed by atoms with Crippen molar-refractivity contribution in [3.63, 3.8) is 0 Å². The van der Waals surface area contributed by atoms with Crippen molar-refractivity contribution in [1.82, 2.24) is 19.9 Å². The van der Waals surface area contributed by atoms with Crippen molar-refractivity contribution in [2.75, 3.05) is 6.54 Å². The number of rotatable bonds is 4. The number of fused-ring (bicyclic) bond motifs is 1. The predicted molar refractivity (Wildman–Crippen MR) is 58.2 cm³/mol. The smallest absolute Gasteiger partial charge is 0.180 e. The van der Waals surface area contributed by atoms with Gasteiger partial charge in [-0.25, -0.2) is 15.0 Å². The molecule has 1 atom stereocenters. The van der Waals surface area contributed by atoms with Crippen LogP contribution in [0.1, 0.15) is 19.2 Å². The van der Waals surface area contributed by atoms with Crippen molar-refractivity contribution in [1.29, 1.82) is 0 Å². The van der Waals surface area contributed by atoms with Crippen molar-refractivity contribution < 1.29 is 0 Å². The molecule has 0 radical (unpaired) electrons. The summed E-state index contributed by atoms with van der Waals surface area (Å²) in [6.45, 7) is 2.83. The standard InChI is InChI=1S/C10H15N5/c1-2-7(4-11)3-9-14-8-5-12-6-13-10(8)15-9/h5-7H,2-4,11H2,1H3,(H,12,13,14,15). The number of nitrogens with zero attached hydrogens (tertiary/aromatic N) is 3. The summed E-state index contributed by atoms with van der Waals surface area (Å²) in [4.78, 5) is 15.6. The van der Waals surface area contributed by atoms with Crippen LogP contribution in [0.3, 0.4) is 0 Å². The van der Waals surface area contributed by atoms with Crippen LogP contribution in [0.15, 0.2) is 12.5 Å². The Morgan fingerprint density at radius 3 is 3.07 bits per heavy atom. The summed E-state index contributed by atoms with van der Waals surface area (Å²) in [5.41, 5.74) is 7.27. The molecule has 2 heterocycles. The monoisotopic (exact) mass is 205 g/mol. The van der Waals surface area contributed by atoms with E-state index in [4.69, 9.17) is 5.73 Å². The summed E-state index contributed by atoms with van der Waals surface area (Å²) in [6, 6.07) is 0. The highest BCUT2D eigenvalue weighted by Gasteiger charge is 2.09. The number of H-pyrrole nitrogens is 1. The molecule has 0 aliphatic heterocycles. The molecule has 0 aliphatic carbocycles. The first kappa shape index (κ1) is 10.0. The number of hydrogen-bond donors (Lipinski definition) is 2. The zero-order valence-corrected chi connectivity index (χ0v) is 8.77. The highest BCUT2D eigenvalue weighted by molar-refractivity contribution is 5.68. The van der Waals surface area contributed by atoms with Crippen LogP contribution in [0.2, 0.25) is 0 Å². The molecule has 2 aromatic rings. The topological polar surface area (TPSA) is 80.5 Å². The molecule has 1 unspecified atom stereocenters. The first-order chi connectivity index (χ1) is 7.33. The fraction of sp³-hybridized carbons (Fsp3) is 0.500. The second-order valence-electron chi connectivity index (χ2n) is 3.66.